The summed E-state index contributed by atoms with van der Waals surface area (Å²) in [6.07, 6.45) is -1.57. The molecular formula is C8H6F3N3S. The van der Waals surface area contributed by atoms with Crippen LogP contribution in [0.2, 0.25) is 0 Å². The fourth-order valence-corrected chi connectivity index (χ4v) is 1.98. The van der Waals surface area contributed by atoms with Gasteiger partial charge in [0.15, 0.2) is 5.01 Å². The Morgan fingerprint density at radius 2 is 2.07 bits per heavy atom. The second kappa shape index (κ2) is 3.34. The second-order valence-corrected chi connectivity index (χ2v) is 3.83. The summed E-state index contributed by atoms with van der Waals surface area (Å²) < 4.78 is 37.5. The molecule has 0 aliphatic rings. The minimum absolute atomic E-state index is 0.310. The molecule has 0 aromatic carbocycles. The van der Waals surface area contributed by atoms with Gasteiger partial charge in [0.1, 0.15) is 5.52 Å². The van der Waals surface area contributed by atoms with Crippen molar-refractivity contribution >= 4 is 27.2 Å². The lowest BCUT2D eigenvalue weighted by Crippen LogP contribution is -2.03. The van der Waals surface area contributed by atoms with Crippen molar-refractivity contribution < 1.29 is 13.2 Å². The van der Waals surface area contributed by atoms with Crippen LogP contribution in [0.3, 0.4) is 0 Å². The van der Waals surface area contributed by atoms with E-state index >= 15 is 0 Å². The molecule has 1 N–H and O–H groups in total. The standard InChI is InChI=1S/C8H6F3N3S/c1-12-4-2-13-3-5-6(4)14-7(15-5)8(9,10)11/h2-3,12H,1H3. The Balaban J connectivity index is 2.65. The van der Waals surface area contributed by atoms with Gasteiger partial charge < -0.3 is 5.32 Å². The first-order chi connectivity index (χ1) is 7.02. The SMILES string of the molecule is CNc1cncc2sc(C(F)(F)F)nc12. The molecule has 0 radical (unpaired) electrons. The van der Waals surface area contributed by atoms with E-state index in [1.807, 2.05) is 0 Å². The molecule has 7 heteroatoms. The average Bonchev–Trinajstić information content (AvgIpc) is 2.59. The van der Waals surface area contributed by atoms with E-state index in [0.717, 1.165) is 0 Å². The molecule has 0 aliphatic carbocycles. The third-order valence-corrected chi connectivity index (χ3v) is 2.85. The fourth-order valence-electron chi connectivity index (χ4n) is 1.16. The number of pyridine rings is 1. The summed E-state index contributed by atoms with van der Waals surface area (Å²) in [6, 6.07) is 0. The molecule has 0 spiro atoms. The molecule has 0 amide bonds. The van der Waals surface area contributed by atoms with E-state index in [-0.39, 0.29) is 0 Å². The van der Waals surface area contributed by atoms with E-state index < -0.39 is 11.2 Å². The zero-order valence-corrected chi connectivity index (χ0v) is 8.41. The maximum Gasteiger partial charge on any atom is 0.443 e. The number of thiazole rings is 1. The van der Waals surface area contributed by atoms with Gasteiger partial charge in [0.25, 0.3) is 0 Å². The number of rotatable bonds is 1. The van der Waals surface area contributed by atoms with Gasteiger partial charge in [-0.15, -0.1) is 11.3 Å². The van der Waals surface area contributed by atoms with Gasteiger partial charge in [-0.3, -0.25) is 4.98 Å². The number of hydrogen-bond donors (Lipinski definition) is 1. The van der Waals surface area contributed by atoms with Crippen molar-refractivity contribution in [2.75, 3.05) is 12.4 Å². The molecule has 0 atom stereocenters. The topological polar surface area (TPSA) is 37.8 Å². The first-order valence-electron chi connectivity index (χ1n) is 4.02. The lowest BCUT2D eigenvalue weighted by molar-refractivity contribution is -0.137. The van der Waals surface area contributed by atoms with Crippen LogP contribution < -0.4 is 5.32 Å². The smallest absolute Gasteiger partial charge is 0.385 e. The molecule has 0 saturated heterocycles. The molecule has 0 unspecified atom stereocenters. The molecule has 2 aromatic heterocycles. The van der Waals surface area contributed by atoms with Crippen molar-refractivity contribution in [3.63, 3.8) is 0 Å². The molecule has 15 heavy (non-hydrogen) atoms. The van der Waals surface area contributed by atoms with E-state index in [1.165, 1.54) is 12.4 Å². The lowest BCUT2D eigenvalue weighted by Gasteiger charge is -1.99. The normalized spacial score (nSPS) is 12.0. The zero-order chi connectivity index (χ0) is 11.1. The molecule has 0 aliphatic heterocycles. The lowest BCUT2D eigenvalue weighted by atomic mass is 10.4. The monoisotopic (exact) mass is 233 g/mol. The Hall–Kier alpha value is -1.37. The second-order valence-electron chi connectivity index (χ2n) is 2.80. The van der Waals surface area contributed by atoms with Gasteiger partial charge in [-0.05, 0) is 0 Å². The van der Waals surface area contributed by atoms with E-state index in [4.69, 9.17) is 0 Å². The van der Waals surface area contributed by atoms with Gasteiger partial charge in [0, 0.05) is 13.2 Å². The predicted octanol–water partition coefficient (Wildman–Crippen LogP) is 2.75. The average molecular weight is 233 g/mol. The number of hydrogen-bond acceptors (Lipinski definition) is 4. The first kappa shape index (κ1) is 10.2. The number of anilines is 1. The maximum atomic E-state index is 12.4. The van der Waals surface area contributed by atoms with Crippen LogP contribution >= 0.6 is 11.3 Å². The van der Waals surface area contributed by atoms with Gasteiger partial charge in [-0.1, -0.05) is 0 Å². The van der Waals surface area contributed by atoms with Gasteiger partial charge in [0.2, 0.25) is 0 Å². The molecule has 2 rings (SSSR count). The Morgan fingerprint density at radius 3 is 2.67 bits per heavy atom. The summed E-state index contributed by atoms with van der Waals surface area (Å²) in [6.45, 7) is 0. The van der Waals surface area contributed by atoms with Gasteiger partial charge in [-0.25, -0.2) is 4.98 Å². The highest BCUT2D eigenvalue weighted by atomic mass is 32.1. The Bertz CT molecular complexity index is 491. The van der Waals surface area contributed by atoms with Crippen molar-refractivity contribution in [3.05, 3.63) is 17.4 Å². The van der Waals surface area contributed by atoms with Crippen LogP contribution in [-0.2, 0) is 6.18 Å². The van der Waals surface area contributed by atoms with Crippen LogP contribution in [0.1, 0.15) is 5.01 Å². The third-order valence-electron chi connectivity index (χ3n) is 1.82. The summed E-state index contributed by atoms with van der Waals surface area (Å²) in [7, 11) is 1.61. The minimum Gasteiger partial charge on any atom is -0.385 e. The van der Waals surface area contributed by atoms with Crippen LogP contribution in [-0.4, -0.2) is 17.0 Å². The number of nitrogens with one attached hydrogen (secondary N) is 1. The van der Waals surface area contributed by atoms with E-state index in [0.29, 0.717) is 27.2 Å². The quantitative estimate of drug-likeness (QED) is 0.823. The summed E-state index contributed by atoms with van der Waals surface area (Å²) >= 11 is 0.595. The molecule has 3 nitrogen and oxygen atoms in total. The molecular weight excluding hydrogens is 227 g/mol. The molecule has 80 valence electrons. The van der Waals surface area contributed by atoms with Crippen LogP contribution in [0.15, 0.2) is 12.4 Å². The number of nitrogens with zero attached hydrogens (tertiary/aromatic N) is 2. The number of alkyl halides is 3. The van der Waals surface area contributed by atoms with Gasteiger partial charge >= 0.3 is 6.18 Å². The number of halogens is 3. The van der Waals surface area contributed by atoms with Crippen LogP contribution in [0.4, 0.5) is 18.9 Å². The molecule has 0 bridgehead atoms. The number of fused-ring (bicyclic) bond motifs is 1. The highest BCUT2D eigenvalue weighted by Crippen LogP contribution is 2.36. The molecule has 2 aromatic rings. The van der Waals surface area contributed by atoms with Crippen molar-refractivity contribution in [3.8, 4) is 0 Å². The Kier molecular flexibility index (Phi) is 2.26. The highest BCUT2D eigenvalue weighted by Gasteiger charge is 2.35. The molecule has 0 saturated carbocycles. The van der Waals surface area contributed by atoms with Crippen molar-refractivity contribution in [2.24, 2.45) is 0 Å². The van der Waals surface area contributed by atoms with Crippen LogP contribution in [0, 0.1) is 0 Å². The first-order valence-corrected chi connectivity index (χ1v) is 4.83. The van der Waals surface area contributed by atoms with Crippen molar-refractivity contribution in [1.29, 1.82) is 0 Å². The van der Waals surface area contributed by atoms with E-state index in [9.17, 15) is 13.2 Å². The third kappa shape index (κ3) is 1.74. The minimum atomic E-state index is -4.39. The Labute approximate surface area is 87.0 Å². The van der Waals surface area contributed by atoms with Crippen molar-refractivity contribution in [1.82, 2.24) is 9.97 Å². The summed E-state index contributed by atoms with van der Waals surface area (Å²) in [5, 5.41) is 1.90. The molecule has 0 fully saturated rings. The fraction of sp³-hybridized carbons (Fsp3) is 0.250. The Morgan fingerprint density at radius 1 is 1.33 bits per heavy atom. The predicted molar refractivity (Wildman–Crippen MR) is 52.0 cm³/mol. The molecule has 2 heterocycles. The van der Waals surface area contributed by atoms with Gasteiger partial charge in [0.05, 0.1) is 16.6 Å². The van der Waals surface area contributed by atoms with Gasteiger partial charge in [-0.2, -0.15) is 13.2 Å². The van der Waals surface area contributed by atoms with Crippen LogP contribution in [0.5, 0.6) is 0 Å². The van der Waals surface area contributed by atoms with Crippen LogP contribution in [0.25, 0.3) is 10.2 Å². The maximum absolute atomic E-state index is 12.4. The highest BCUT2D eigenvalue weighted by molar-refractivity contribution is 7.18. The number of aromatic nitrogens is 2. The summed E-state index contributed by atoms with van der Waals surface area (Å²) in [5.41, 5.74) is 0.809. The van der Waals surface area contributed by atoms with E-state index in [2.05, 4.69) is 15.3 Å². The van der Waals surface area contributed by atoms with E-state index in [1.54, 1.807) is 7.05 Å². The zero-order valence-electron chi connectivity index (χ0n) is 7.59. The summed E-state index contributed by atoms with van der Waals surface area (Å²) in [5.74, 6) is 0. The van der Waals surface area contributed by atoms with Crippen molar-refractivity contribution in [2.45, 2.75) is 6.18 Å². The largest absolute Gasteiger partial charge is 0.443 e. The summed E-state index contributed by atoms with van der Waals surface area (Å²) in [4.78, 5) is 7.37.